The van der Waals surface area contributed by atoms with E-state index >= 15 is 0 Å². The monoisotopic (exact) mass is 182 g/mol. The summed E-state index contributed by atoms with van der Waals surface area (Å²) >= 11 is 6.21. The lowest BCUT2D eigenvalue weighted by atomic mass is 10.0. The van der Waals surface area contributed by atoms with Crippen LogP contribution >= 0.6 is 11.6 Å². The first-order chi connectivity index (χ1) is 5.75. The van der Waals surface area contributed by atoms with Gasteiger partial charge in [0.15, 0.2) is 0 Å². The van der Waals surface area contributed by atoms with Gasteiger partial charge in [0.1, 0.15) is 0 Å². The molecule has 0 aliphatic heterocycles. The Kier molecular flexibility index (Phi) is 3.61. The minimum atomic E-state index is 0.191. The molecule has 0 saturated carbocycles. The molecule has 1 rings (SSSR count). The summed E-state index contributed by atoms with van der Waals surface area (Å²) in [5.41, 5.74) is 2.58. The molecule has 0 aliphatic rings. The summed E-state index contributed by atoms with van der Waals surface area (Å²) in [7, 11) is 0. The first-order valence-electron chi connectivity index (χ1n) is 4.45. The van der Waals surface area contributed by atoms with E-state index in [0.29, 0.717) is 0 Å². The topological polar surface area (TPSA) is 0 Å². The highest BCUT2D eigenvalue weighted by molar-refractivity contribution is 6.20. The molecule has 1 atom stereocenters. The minimum absolute atomic E-state index is 0.191. The summed E-state index contributed by atoms with van der Waals surface area (Å²) in [6.07, 6.45) is 2.20. The van der Waals surface area contributed by atoms with Crippen LogP contribution in [0.4, 0.5) is 0 Å². The molecule has 1 aromatic rings. The normalized spacial score (nSPS) is 12.9. The van der Waals surface area contributed by atoms with Crippen LogP contribution in [0.3, 0.4) is 0 Å². The molecule has 0 saturated heterocycles. The minimum Gasteiger partial charge on any atom is -0.118 e. The van der Waals surface area contributed by atoms with Gasteiger partial charge >= 0.3 is 0 Å². The van der Waals surface area contributed by atoms with Crippen molar-refractivity contribution in [3.05, 3.63) is 35.4 Å². The van der Waals surface area contributed by atoms with Gasteiger partial charge in [-0.25, -0.2) is 0 Å². The van der Waals surface area contributed by atoms with Crippen molar-refractivity contribution >= 4 is 11.6 Å². The molecule has 0 aromatic heterocycles. The van der Waals surface area contributed by atoms with Crippen LogP contribution in [0.2, 0.25) is 0 Å². The molecule has 0 fully saturated rings. The summed E-state index contributed by atoms with van der Waals surface area (Å²) < 4.78 is 0. The molecule has 0 nitrogen and oxygen atoms in total. The maximum atomic E-state index is 6.21. The number of benzene rings is 1. The smallest absolute Gasteiger partial charge is 0.0587 e. The van der Waals surface area contributed by atoms with Crippen LogP contribution in [0.25, 0.3) is 0 Å². The number of hydrogen-bond acceptors (Lipinski definition) is 0. The van der Waals surface area contributed by atoms with Gasteiger partial charge in [-0.05, 0) is 24.5 Å². The first kappa shape index (κ1) is 9.60. The van der Waals surface area contributed by atoms with Crippen LogP contribution in [0.1, 0.15) is 36.3 Å². The molecule has 0 radical (unpaired) electrons. The lowest BCUT2D eigenvalue weighted by molar-refractivity contribution is 0.766. The van der Waals surface area contributed by atoms with E-state index in [1.165, 1.54) is 11.1 Å². The zero-order valence-corrected chi connectivity index (χ0v) is 8.43. The van der Waals surface area contributed by atoms with Crippen molar-refractivity contribution < 1.29 is 0 Å². The lowest BCUT2D eigenvalue weighted by Crippen LogP contribution is -1.92. The van der Waals surface area contributed by atoms with Crippen molar-refractivity contribution in [1.82, 2.24) is 0 Å². The van der Waals surface area contributed by atoms with Crippen LogP contribution in [0, 0.1) is 6.92 Å². The van der Waals surface area contributed by atoms with E-state index in [4.69, 9.17) is 11.6 Å². The van der Waals surface area contributed by atoms with Crippen LogP contribution in [0.5, 0.6) is 0 Å². The molecule has 0 spiro atoms. The largest absolute Gasteiger partial charge is 0.118 e. The van der Waals surface area contributed by atoms with Crippen LogP contribution in [-0.2, 0) is 0 Å². The molecule has 0 heterocycles. The van der Waals surface area contributed by atoms with E-state index in [2.05, 4.69) is 26.0 Å². The van der Waals surface area contributed by atoms with Gasteiger partial charge in [-0.2, -0.15) is 0 Å². The molecule has 0 N–H and O–H groups in total. The Hall–Kier alpha value is -0.490. The highest BCUT2D eigenvalue weighted by Gasteiger charge is 2.07. The zero-order chi connectivity index (χ0) is 8.97. The third kappa shape index (κ3) is 2.25. The van der Waals surface area contributed by atoms with Gasteiger partial charge in [-0.15, -0.1) is 11.6 Å². The molecule has 0 amide bonds. The molecule has 0 bridgehead atoms. The molecule has 1 heteroatoms. The third-order valence-corrected chi connectivity index (χ3v) is 2.52. The summed E-state index contributed by atoms with van der Waals surface area (Å²) in [6.45, 7) is 4.27. The number of halogens is 1. The van der Waals surface area contributed by atoms with Gasteiger partial charge in [-0.1, -0.05) is 37.6 Å². The van der Waals surface area contributed by atoms with Gasteiger partial charge < -0.3 is 0 Å². The van der Waals surface area contributed by atoms with Crippen molar-refractivity contribution in [2.75, 3.05) is 0 Å². The van der Waals surface area contributed by atoms with Gasteiger partial charge in [0.2, 0.25) is 0 Å². The highest BCUT2D eigenvalue weighted by Crippen LogP contribution is 2.27. The number of rotatable bonds is 3. The fourth-order valence-electron chi connectivity index (χ4n) is 1.35. The molecule has 0 aliphatic carbocycles. The average Bonchev–Trinajstić information content (AvgIpc) is 2.05. The van der Waals surface area contributed by atoms with Crippen molar-refractivity contribution in [1.29, 1.82) is 0 Å². The number of alkyl halides is 1. The van der Waals surface area contributed by atoms with Gasteiger partial charge in [0, 0.05) is 0 Å². The summed E-state index contributed by atoms with van der Waals surface area (Å²) in [6, 6.07) is 8.32. The second-order valence-electron chi connectivity index (χ2n) is 3.11. The van der Waals surface area contributed by atoms with E-state index in [9.17, 15) is 0 Å². The van der Waals surface area contributed by atoms with Crippen molar-refractivity contribution in [2.24, 2.45) is 0 Å². The molecular weight excluding hydrogens is 168 g/mol. The summed E-state index contributed by atoms with van der Waals surface area (Å²) in [4.78, 5) is 0. The summed E-state index contributed by atoms with van der Waals surface area (Å²) in [5.74, 6) is 0. The van der Waals surface area contributed by atoms with Crippen LogP contribution in [0.15, 0.2) is 24.3 Å². The predicted octanol–water partition coefficient (Wildman–Crippen LogP) is 4.08. The van der Waals surface area contributed by atoms with Gasteiger partial charge in [-0.3, -0.25) is 0 Å². The lowest BCUT2D eigenvalue weighted by Gasteiger charge is -2.10. The highest BCUT2D eigenvalue weighted by atomic mass is 35.5. The molecule has 1 unspecified atom stereocenters. The molecule has 1 aromatic carbocycles. The Morgan fingerprint density at radius 3 is 2.58 bits per heavy atom. The quantitative estimate of drug-likeness (QED) is 0.619. The van der Waals surface area contributed by atoms with Gasteiger partial charge in [0.25, 0.3) is 0 Å². The van der Waals surface area contributed by atoms with Crippen molar-refractivity contribution in [2.45, 2.75) is 32.1 Å². The van der Waals surface area contributed by atoms with Crippen molar-refractivity contribution in [3.8, 4) is 0 Å². The Morgan fingerprint density at radius 2 is 2.00 bits per heavy atom. The maximum absolute atomic E-state index is 6.21. The standard InChI is InChI=1S/C11H15Cl/c1-3-6-11(12)10-8-5-4-7-9(10)2/h4-5,7-8,11H,3,6H2,1-2H3. The van der Waals surface area contributed by atoms with Crippen LogP contribution in [-0.4, -0.2) is 0 Å². The summed E-state index contributed by atoms with van der Waals surface area (Å²) in [5, 5.41) is 0.191. The van der Waals surface area contributed by atoms with Crippen LogP contribution < -0.4 is 0 Å². The first-order valence-corrected chi connectivity index (χ1v) is 4.89. The fourth-order valence-corrected chi connectivity index (χ4v) is 1.81. The van der Waals surface area contributed by atoms with E-state index in [0.717, 1.165) is 12.8 Å². The SMILES string of the molecule is CCCC(Cl)c1ccccc1C. The van der Waals surface area contributed by atoms with E-state index < -0.39 is 0 Å². The third-order valence-electron chi connectivity index (χ3n) is 2.07. The fraction of sp³-hybridized carbons (Fsp3) is 0.455. The molecule has 12 heavy (non-hydrogen) atoms. The predicted molar refractivity (Wildman–Crippen MR) is 54.7 cm³/mol. The van der Waals surface area contributed by atoms with E-state index in [1.54, 1.807) is 0 Å². The Bertz CT molecular complexity index is 243. The second-order valence-corrected chi connectivity index (χ2v) is 3.64. The average molecular weight is 183 g/mol. The van der Waals surface area contributed by atoms with Crippen molar-refractivity contribution in [3.63, 3.8) is 0 Å². The van der Waals surface area contributed by atoms with Gasteiger partial charge in [0.05, 0.1) is 5.38 Å². The maximum Gasteiger partial charge on any atom is 0.0587 e. The Balaban J connectivity index is 2.79. The molecular formula is C11H15Cl. The second kappa shape index (κ2) is 4.51. The Labute approximate surface area is 79.6 Å². The van der Waals surface area contributed by atoms with E-state index in [1.807, 2.05) is 12.1 Å². The van der Waals surface area contributed by atoms with E-state index in [-0.39, 0.29) is 5.38 Å². The number of aryl methyl sites for hydroxylation is 1. The number of hydrogen-bond donors (Lipinski definition) is 0. The zero-order valence-electron chi connectivity index (χ0n) is 7.68. The Morgan fingerprint density at radius 1 is 1.33 bits per heavy atom. The molecule has 66 valence electrons.